The summed E-state index contributed by atoms with van der Waals surface area (Å²) in [4.78, 5) is 21.1. The number of anilines is 2. The quantitative estimate of drug-likeness (QED) is 0.444. The highest BCUT2D eigenvalue weighted by Gasteiger charge is 2.08. The van der Waals surface area contributed by atoms with E-state index in [1.165, 1.54) is 0 Å². The molecule has 4 rings (SSSR count). The molecule has 0 atom stereocenters. The molecule has 4 aromatic rings. The lowest BCUT2D eigenvalue weighted by Crippen LogP contribution is -2.19. The van der Waals surface area contributed by atoms with Crippen molar-refractivity contribution in [2.75, 3.05) is 10.6 Å². The Hall–Kier alpha value is -4.13. The van der Waals surface area contributed by atoms with Crippen LogP contribution >= 0.6 is 0 Å². The van der Waals surface area contributed by atoms with Crippen LogP contribution in [-0.2, 0) is 0 Å². The predicted octanol–water partition coefficient (Wildman–Crippen LogP) is 5.63. The van der Waals surface area contributed by atoms with Crippen LogP contribution in [0.3, 0.4) is 0 Å². The fourth-order valence-corrected chi connectivity index (χ4v) is 3.16. The number of nitrogens with one attached hydrogen (secondary N) is 2. The first-order chi connectivity index (χ1) is 15.0. The lowest BCUT2D eigenvalue weighted by Gasteiger charge is -2.11. The maximum Gasteiger partial charge on any atom is 0.323 e. The van der Waals surface area contributed by atoms with Gasteiger partial charge in [0.1, 0.15) is 17.4 Å². The van der Waals surface area contributed by atoms with Gasteiger partial charge in [-0.1, -0.05) is 17.7 Å². The Bertz CT molecular complexity index is 1200. The first-order valence-corrected chi connectivity index (χ1v) is 9.88. The van der Waals surface area contributed by atoms with Crippen LogP contribution < -0.4 is 15.4 Å². The smallest absolute Gasteiger partial charge is 0.323 e. The summed E-state index contributed by atoms with van der Waals surface area (Å²) in [7, 11) is 0. The number of carbonyl (C=O) groups excluding carboxylic acids is 1. The van der Waals surface area contributed by atoms with Gasteiger partial charge in [-0.2, -0.15) is 4.98 Å². The number of rotatable bonds is 5. The molecule has 2 aromatic heterocycles. The number of aryl methyl sites for hydroxylation is 3. The highest BCUT2D eigenvalue weighted by Crippen LogP contribution is 2.23. The van der Waals surface area contributed by atoms with Crippen LogP contribution in [0.2, 0.25) is 0 Å². The van der Waals surface area contributed by atoms with E-state index < -0.39 is 0 Å². The average molecular weight is 413 g/mol. The Morgan fingerprint density at radius 3 is 2.35 bits per heavy atom. The molecule has 31 heavy (non-hydrogen) atoms. The molecule has 0 saturated heterocycles. The van der Waals surface area contributed by atoms with Crippen molar-refractivity contribution in [3.63, 3.8) is 0 Å². The molecule has 2 N–H and O–H groups in total. The van der Waals surface area contributed by atoms with Crippen molar-refractivity contribution in [3.05, 3.63) is 90.0 Å². The number of hydrogen-bond donors (Lipinski definition) is 2. The summed E-state index contributed by atoms with van der Waals surface area (Å²) in [5.41, 5.74) is 3.60. The zero-order valence-electron chi connectivity index (χ0n) is 17.6. The van der Waals surface area contributed by atoms with E-state index in [0.717, 1.165) is 22.6 Å². The highest BCUT2D eigenvalue weighted by atomic mass is 16.5. The molecule has 0 spiro atoms. The maximum absolute atomic E-state index is 12.3. The molecule has 7 heteroatoms. The second-order valence-corrected chi connectivity index (χ2v) is 7.23. The Balaban J connectivity index is 1.41. The molecule has 156 valence electrons. The van der Waals surface area contributed by atoms with Gasteiger partial charge < -0.3 is 19.9 Å². The van der Waals surface area contributed by atoms with E-state index in [1.54, 1.807) is 30.3 Å². The van der Waals surface area contributed by atoms with Crippen molar-refractivity contribution in [3.8, 4) is 17.4 Å². The Kier molecular flexibility index (Phi) is 5.66. The van der Waals surface area contributed by atoms with Gasteiger partial charge in [0, 0.05) is 29.8 Å². The summed E-state index contributed by atoms with van der Waals surface area (Å²) < 4.78 is 7.78. The third-order valence-electron chi connectivity index (χ3n) is 4.63. The molecule has 2 amide bonds. The number of nitrogens with zero attached hydrogens (tertiary/aromatic N) is 3. The van der Waals surface area contributed by atoms with Crippen LogP contribution in [0.25, 0.3) is 5.82 Å². The number of urea groups is 1. The first-order valence-electron chi connectivity index (χ1n) is 9.88. The van der Waals surface area contributed by atoms with Crippen molar-refractivity contribution in [2.24, 2.45) is 0 Å². The normalized spacial score (nSPS) is 10.5. The number of aromatic nitrogens is 3. The molecular weight excluding hydrogens is 390 g/mol. The zero-order chi connectivity index (χ0) is 21.8. The zero-order valence-corrected chi connectivity index (χ0v) is 17.6. The van der Waals surface area contributed by atoms with Crippen LogP contribution in [-0.4, -0.2) is 20.6 Å². The van der Waals surface area contributed by atoms with E-state index in [4.69, 9.17) is 4.74 Å². The number of ether oxygens (including phenoxy) is 1. The van der Waals surface area contributed by atoms with Gasteiger partial charge in [0.05, 0.1) is 0 Å². The predicted molar refractivity (Wildman–Crippen MR) is 121 cm³/mol. The molecule has 0 radical (unpaired) electrons. The third-order valence-corrected chi connectivity index (χ3v) is 4.63. The molecule has 2 aromatic carbocycles. The second kappa shape index (κ2) is 8.71. The van der Waals surface area contributed by atoms with E-state index in [1.807, 2.05) is 68.1 Å². The van der Waals surface area contributed by atoms with Crippen LogP contribution in [0.4, 0.5) is 16.2 Å². The van der Waals surface area contributed by atoms with Crippen LogP contribution in [0, 0.1) is 20.8 Å². The number of benzene rings is 2. The van der Waals surface area contributed by atoms with Gasteiger partial charge in [-0.15, -0.1) is 0 Å². The average Bonchev–Trinajstić information content (AvgIpc) is 3.26. The summed E-state index contributed by atoms with van der Waals surface area (Å²) in [5, 5.41) is 5.69. The van der Waals surface area contributed by atoms with E-state index in [0.29, 0.717) is 23.1 Å². The lowest BCUT2D eigenvalue weighted by molar-refractivity contribution is 0.262. The van der Waals surface area contributed by atoms with Crippen LogP contribution in [0.1, 0.15) is 17.0 Å². The maximum atomic E-state index is 12.3. The van der Waals surface area contributed by atoms with E-state index in [-0.39, 0.29) is 6.03 Å². The standard InChI is InChI=1S/C24H23N5O2/c1-16-6-11-21(17(2)14-16)28-24(30)27-19-7-9-20(10-8-19)31-23-15-22(25-18(3)26-23)29-12-4-5-13-29/h4-15H,1-3H3,(H2,27,28,30). The SMILES string of the molecule is Cc1ccc(NC(=O)Nc2ccc(Oc3cc(-n4cccc4)nc(C)n3)cc2)c(C)c1. The highest BCUT2D eigenvalue weighted by molar-refractivity contribution is 6.00. The van der Waals surface area contributed by atoms with Crippen molar-refractivity contribution in [2.45, 2.75) is 20.8 Å². The van der Waals surface area contributed by atoms with Gasteiger partial charge in [-0.25, -0.2) is 9.78 Å². The van der Waals surface area contributed by atoms with Crippen molar-refractivity contribution >= 4 is 17.4 Å². The molecular formula is C24H23N5O2. The molecule has 0 fully saturated rings. The fourth-order valence-electron chi connectivity index (χ4n) is 3.16. The summed E-state index contributed by atoms with van der Waals surface area (Å²) in [6.45, 7) is 5.80. The first kappa shape index (κ1) is 20.2. The lowest BCUT2D eigenvalue weighted by atomic mass is 10.1. The van der Waals surface area contributed by atoms with Gasteiger partial charge in [-0.3, -0.25) is 0 Å². The Labute approximate surface area is 180 Å². The topological polar surface area (TPSA) is 81.1 Å². The minimum absolute atomic E-state index is 0.302. The van der Waals surface area contributed by atoms with Crippen LogP contribution in [0.15, 0.2) is 73.1 Å². The molecule has 2 heterocycles. The minimum Gasteiger partial charge on any atom is -0.439 e. The molecule has 0 saturated carbocycles. The van der Waals surface area contributed by atoms with Crippen molar-refractivity contribution in [1.82, 2.24) is 14.5 Å². The molecule has 0 aliphatic rings. The Morgan fingerprint density at radius 2 is 1.65 bits per heavy atom. The minimum atomic E-state index is -0.302. The largest absolute Gasteiger partial charge is 0.439 e. The Morgan fingerprint density at radius 1 is 0.903 bits per heavy atom. The third kappa shape index (κ3) is 5.08. The molecule has 0 aliphatic carbocycles. The van der Waals surface area contributed by atoms with E-state index >= 15 is 0 Å². The van der Waals surface area contributed by atoms with E-state index in [9.17, 15) is 4.79 Å². The second-order valence-electron chi connectivity index (χ2n) is 7.23. The van der Waals surface area contributed by atoms with Gasteiger partial charge in [-0.05, 0) is 68.8 Å². The summed E-state index contributed by atoms with van der Waals surface area (Å²) >= 11 is 0. The molecule has 0 bridgehead atoms. The van der Waals surface area contributed by atoms with Crippen molar-refractivity contribution < 1.29 is 9.53 Å². The van der Waals surface area contributed by atoms with Crippen molar-refractivity contribution in [1.29, 1.82) is 0 Å². The number of hydrogen-bond acceptors (Lipinski definition) is 4. The summed E-state index contributed by atoms with van der Waals surface area (Å²) in [5.74, 6) is 2.40. The summed E-state index contributed by atoms with van der Waals surface area (Å²) in [6.07, 6.45) is 3.82. The molecule has 0 aliphatic heterocycles. The van der Waals surface area contributed by atoms with Gasteiger partial charge in [0.15, 0.2) is 0 Å². The van der Waals surface area contributed by atoms with Crippen LogP contribution in [0.5, 0.6) is 11.6 Å². The van der Waals surface area contributed by atoms with Gasteiger partial charge >= 0.3 is 6.03 Å². The molecule has 0 unspecified atom stereocenters. The molecule has 7 nitrogen and oxygen atoms in total. The van der Waals surface area contributed by atoms with Gasteiger partial charge in [0.25, 0.3) is 0 Å². The summed E-state index contributed by atoms with van der Waals surface area (Å²) in [6, 6.07) is 18.3. The number of carbonyl (C=O) groups is 1. The van der Waals surface area contributed by atoms with E-state index in [2.05, 4.69) is 20.6 Å². The monoisotopic (exact) mass is 413 g/mol. The fraction of sp³-hybridized carbons (Fsp3) is 0.125. The number of amides is 2. The van der Waals surface area contributed by atoms with Gasteiger partial charge in [0.2, 0.25) is 5.88 Å².